The summed E-state index contributed by atoms with van der Waals surface area (Å²) in [7, 11) is 0. The predicted molar refractivity (Wildman–Crippen MR) is 144 cm³/mol. The summed E-state index contributed by atoms with van der Waals surface area (Å²) in [4.78, 5) is 57.2. The number of aliphatic hydroxyl groups is 1. The molecule has 10 N–H and O–H groups in total. The molecule has 40 heavy (non-hydrogen) atoms. The van der Waals surface area contributed by atoms with Crippen molar-refractivity contribution in [3.63, 3.8) is 0 Å². The zero-order valence-electron chi connectivity index (χ0n) is 22.6. The molecule has 1 heterocycles. The van der Waals surface area contributed by atoms with E-state index < -0.39 is 42.4 Å². The number of anilines is 1. The molecule has 0 saturated carbocycles. The molecule has 0 aliphatic rings. The number of rotatable bonds is 13. The van der Waals surface area contributed by atoms with Gasteiger partial charge in [0.1, 0.15) is 12.2 Å². The molecule has 16 nitrogen and oxygen atoms in total. The van der Waals surface area contributed by atoms with E-state index in [-0.39, 0.29) is 36.8 Å². The van der Waals surface area contributed by atoms with Crippen LogP contribution in [0, 0.1) is 5.92 Å². The number of amides is 5. The summed E-state index contributed by atoms with van der Waals surface area (Å²) in [6.45, 7) is 5.13. The van der Waals surface area contributed by atoms with E-state index in [0.717, 1.165) is 11.1 Å². The highest BCUT2D eigenvalue weighted by atomic mass is 16.4. The first kappa shape index (κ1) is 33.5. The van der Waals surface area contributed by atoms with Crippen molar-refractivity contribution in [2.45, 2.75) is 52.9 Å². The van der Waals surface area contributed by atoms with Crippen molar-refractivity contribution in [1.29, 1.82) is 0 Å². The van der Waals surface area contributed by atoms with Crippen LogP contribution in [0.5, 0.6) is 0 Å². The Bertz CT molecular complexity index is 1170. The van der Waals surface area contributed by atoms with Gasteiger partial charge in [-0.2, -0.15) is 0 Å². The van der Waals surface area contributed by atoms with E-state index in [4.69, 9.17) is 16.6 Å². The van der Waals surface area contributed by atoms with Crippen molar-refractivity contribution >= 4 is 35.4 Å². The van der Waals surface area contributed by atoms with Gasteiger partial charge in [0, 0.05) is 17.8 Å². The van der Waals surface area contributed by atoms with Gasteiger partial charge in [-0.25, -0.2) is 9.48 Å². The minimum atomic E-state index is -1.08. The second-order valence-electron chi connectivity index (χ2n) is 8.84. The third-order valence-electron chi connectivity index (χ3n) is 5.12. The summed E-state index contributed by atoms with van der Waals surface area (Å²) < 4.78 is 1.12. The number of carboxylic acids is 1. The number of hydrogen-bond acceptors (Lipinski definition) is 9. The number of aromatic nitrogens is 3. The summed E-state index contributed by atoms with van der Waals surface area (Å²) in [5.74, 6) is -2.67. The Kier molecular flexibility index (Phi) is 14.3. The van der Waals surface area contributed by atoms with Crippen LogP contribution in [0.2, 0.25) is 0 Å². The first-order chi connectivity index (χ1) is 18.9. The largest absolute Gasteiger partial charge is 0.480 e. The lowest BCUT2D eigenvalue weighted by molar-refractivity contribution is -0.138. The van der Waals surface area contributed by atoms with Gasteiger partial charge in [0.15, 0.2) is 0 Å². The Hall–Kier alpha value is -4.57. The summed E-state index contributed by atoms with van der Waals surface area (Å²) in [6, 6.07) is 3.21. The molecule has 1 aromatic heterocycles. The lowest BCUT2D eigenvalue weighted by Crippen LogP contribution is -2.46. The van der Waals surface area contributed by atoms with Crippen LogP contribution < -0.4 is 32.7 Å². The lowest BCUT2D eigenvalue weighted by atomic mass is 10.1. The number of nitrogens with one attached hydrogen (secondary N) is 4. The van der Waals surface area contributed by atoms with Crippen LogP contribution in [0.4, 0.5) is 10.5 Å². The molecular formula is C24H37N9O7. The van der Waals surface area contributed by atoms with Gasteiger partial charge in [-0.15, -0.1) is 5.10 Å². The highest BCUT2D eigenvalue weighted by molar-refractivity contribution is 5.99. The van der Waals surface area contributed by atoms with Crippen LogP contribution in [-0.2, 0) is 34.1 Å². The summed E-state index contributed by atoms with van der Waals surface area (Å²) in [5.41, 5.74) is 11.5. The van der Waals surface area contributed by atoms with E-state index in [2.05, 4.69) is 31.6 Å². The minimum absolute atomic E-state index is 0.0257. The SMILES string of the molecule is CC(C)C(N)C(=O)NCC(=O)Nc1ccc(CO)c(C(=O)NCc2cn(CC(=O)O)nn2)c1.CCCNC(N)=O. The highest BCUT2D eigenvalue weighted by Crippen LogP contribution is 2.16. The van der Waals surface area contributed by atoms with E-state index in [1.165, 1.54) is 24.4 Å². The van der Waals surface area contributed by atoms with Crippen molar-refractivity contribution in [3.8, 4) is 0 Å². The van der Waals surface area contributed by atoms with Crippen LogP contribution in [0.1, 0.15) is 48.8 Å². The fourth-order valence-corrected chi connectivity index (χ4v) is 2.95. The number of hydrogen-bond donors (Lipinski definition) is 8. The van der Waals surface area contributed by atoms with Gasteiger partial charge in [-0.1, -0.05) is 32.1 Å². The molecule has 0 saturated heterocycles. The number of carboxylic acid groups (broad SMARTS) is 1. The fraction of sp³-hybridized carbons (Fsp3) is 0.458. The molecule has 1 unspecified atom stereocenters. The first-order valence-corrected chi connectivity index (χ1v) is 12.4. The lowest BCUT2D eigenvalue weighted by Gasteiger charge is -2.15. The molecule has 16 heteroatoms. The Balaban J connectivity index is 0.00000101. The van der Waals surface area contributed by atoms with E-state index in [0.29, 0.717) is 17.8 Å². The fourth-order valence-electron chi connectivity index (χ4n) is 2.95. The monoisotopic (exact) mass is 563 g/mol. The van der Waals surface area contributed by atoms with Crippen molar-refractivity contribution in [2.75, 3.05) is 18.4 Å². The van der Waals surface area contributed by atoms with Crippen LogP contribution in [0.15, 0.2) is 24.4 Å². The minimum Gasteiger partial charge on any atom is -0.480 e. The standard InChI is InChI=1S/C20H27N7O6.C4H10N2O/c1-11(2)18(21)20(33)23-7-16(29)24-13-4-3-12(10-28)15(5-13)19(32)22-6-14-8-27(26-25-14)9-17(30)31;1-2-3-6-4(5)7/h3-5,8,11,18,28H,6-7,9-10,21H2,1-2H3,(H,22,32)(H,23,33)(H,24,29)(H,30,31);2-3H2,1H3,(H3,5,6,7). The van der Waals surface area contributed by atoms with Gasteiger partial charge < -0.3 is 42.9 Å². The smallest absolute Gasteiger partial charge is 0.325 e. The third kappa shape index (κ3) is 12.3. The van der Waals surface area contributed by atoms with Gasteiger partial charge in [0.05, 0.1) is 31.9 Å². The number of urea groups is 1. The molecule has 0 spiro atoms. The maximum absolute atomic E-state index is 12.6. The number of nitrogens with two attached hydrogens (primary N) is 2. The molecule has 2 rings (SSSR count). The van der Waals surface area contributed by atoms with Gasteiger partial charge in [0.2, 0.25) is 11.8 Å². The van der Waals surface area contributed by atoms with Crippen LogP contribution >= 0.6 is 0 Å². The van der Waals surface area contributed by atoms with Crippen molar-refractivity contribution in [1.82, 2.24) is 30.9 Å². The average Bonchev–Trinajstić information content (AvgIpc) is 3.35. The van der Waals surface area contributed by atoms with Gasteiger partial charge in [-0.05, 0) is 30.0 Å². The maximum atomic E-state index is 12.6. The summed E-state index contributed by atoms with van der Waals surface area (Å²) >= 11 is 0. The second-order valence-corrected chi connectivity index (χ2v) is 8.84. The Morgan fingerprint density at radius 2 is 1.80 bits per heavy atom. The van der Waals surface area contributed by atoms with Crippen LogP contribution in [0.3, 0.4) is 0 Å². The van der Waals surface area contributed by atoms with Gasteiger partial charge in [-0.3, -0.25) is 19.2 Å². The Labute approximate surface area is 230 Å². The normalized spacial score (nSPS) is 11.1. The Morgan fingerprint density at radius 1 is 1.10 bits per heavy atom. The molecule has 0 bridgehead atoms. The number of carbonyl (C=O) groups excluding carboxylic acids is 4. The molecular weight excluding hydrogens is 526 g/mol. The van der Waals surface area contributed by atoms with Crippen molar-refractivity contribution < 1.29 is 34.2 Å². The molecule has 5 amide bonds. The van der Waals surface area contributed by atoms with Crippen LogP contribution in [0.25, 0.3) is 0 Å². The van der Waals surface area contributed by atoms with Crippen molar-refractivity contribution in [2.24, 2.45) is 17.4 Å². The average molecular weight is 564 g/mol. The molecule has 0 fully saturated rings. The van der Waals surface area contributed by atoms with Gasteiger partial charge >= 0.3 is 12.0 Å². The Morgan fingerprint density at radius 3 is 2.35 bits per heavy atom. The van der Waals surface area contributed by atoms with E-state index in [1.807, 2.05) is 6.92 Å². The second kappa shape index (κ2) is 17.1. The number of primary amides is 1. The molecule has 0 radical (unpaired) electrons. The van der Waals surface area contributed by atoms with Crippen LogP contribution in [-0.4, -0.2) is 74.1 Å². The first-order valence-electron chi connectivity index (χ1n) is 12.4. The molecule has 220 valence electrons. The zero-order chi connectivity index (χ0) is 30.2. The topological polar surface area (TPSA) is 257 Å². The number of benzene rings is 1. The molecule has 0 aliphatic heterocycles. The number of nitrogens with zero attached hydrogens (tertiary/aromatic N) is 3. The quantitative estimate of drug-likeness (QED) is 0.146. The number of aliphatic hydroxyl groups excluding tert-OH is 1. The highest BCUT2D eigenvalue weighted by Gasteiger charge is 2.18. The summed E-state index contributed by atoms with van der Waals surface area (Å²) in [6.07, 6.45) is 2.32. The molecule has 0 aliphatic carbocycles. The molecule has 1 aromatic carbocycles. The predicted octanol–water partition coefficient (Wildman–Crippen LogP) is -1.11. The van der Waals surface area contributed by atoms with Crippen molar-refractivity contribution in [3.05, 3.63) is 41.2 Å². The van der Waals surface area contributed by atoms with Gasteiger partial charge in [0.25, 0.3) is 5.91 Å². The number of aliphatic carboxylic acids is 1. The third-order valence-corrected chi connectivity index (χ3v) is 5.12. The van der Waals surface area contributed by atoms with E-state index >= 15 is 0 Å². The summed E-state index contributed by atoms with van der Waals surface area (Å²) in [5, 5.41) is 35.8. The molecule has 2 aromatic rings. The zero-order valence-corrected chi connectivity index (χ0v) is 22.6. The number of carbonyl (C=O) groups is 5. The molecule has 1 atom stereocenters. The maximum Gasteiger partial charge on any atom is 0.325 e. The van der Waals surface area contributed by atoms with E-state index in [9.17, 15) is 29.1 Å². The van der Waals surface area contributed by atoms with E-state index in [1.54, 1.807) is 13.8 Å².